The van der Waals surface area contributed by atoms with Gasteiger partial charge in [0.05, 0.1) is 13.2 Å². The molecule has 4 heteroatoms. The van der Waals surface area contributed by atoms with Gasteiger partial charge >= 0.3 is 0 Å². The van der Waals surface area contributed by atoms with E-state index in [1.807, 2.05) is 0 Å². The molecule has 1 spiro atoms. The normalized spacial score (nSPS) is 23.4. The number of rotatable bonds is 10. The summed E-state index contributed by atoms with van der Waals surface area (Å²) in [5, 5.41) is 0. The summed E-state index contributed by atoms with van der Waals surface area (Å²) in [4.78, 5) is 5.11. The molecule has 0 bridgehead atoms. The van der Waals surface area contributed by atoms with E-state index in [0.717, 1.165) is 39.1 Å². The summed E-state index contributed by atoms with van der Waals surface area (Å²) in [5.74, 6) is -0.277. The Bertz CT molecular complexity index is 345. The number of hydrogen-bond donors (Lipinski definition) is 0. The van der Waals surface area contributed by atoms with E-state index in [1.165, 1.54) is 58.3 Å². The van der Waals surface area contributed by atoms with Crippen LogP contribution in [0.25, 0.3) is 0 Å². The molecule has 2 saturated heterocycles. The van der Waals surface area contributed by atoms with Gasteiger partial charge in [-0.05, 0) is 45.4 Å². The largest absolute Gasteiger partial charge is 0.349 e. The number of piperidine rings is 1. The number of hydrogen-bond acceptors (Lipinski definition) is 4. The Morgan fingerprint density at radius 1 is 0.880 bits per heavy atom. The third-order valence-electron chi connectivity index (χ3n) is 6.30. The van der Waals surface area contributed by atoms with E-state index in [9.17, 15) is 0 Å². The van der Waals surface area contributed by atoms with Crippen LogP contribution in [0, 0.1) is 5.41 Å². The van der Waals surface area contributed by atoms with Crippen LogP contribution < -0.4 is 0 Å². The van der Waals surface area contributed by atoms with Gasteiger partial charge in [-0.15, -0.1) is 0 Å². The van der Waals surface area contributed by atoms with Crippen molar-refractivity contribution < 1.29 is 9.47 Å². The van der Waals surface area contributed by atoms with E-state index in [2.05, 4.69) is 37.5 Å². The van der Waals surface area contributed by atoms with Gasteiger partial charge in [0, 0.05) is 31.3 Å². The van der Waals surface area contributed by atoms with Crippen LogP contribution in [0.15, 0.2) is 0 Å². The predicted octanol–water partition coefficient (Wildman–Crippen LogP) is 4.14. The molecule has 0 aliphatic carbocycles. The molecule has 0 saturated carbocycles. The molecule has 2 aliphatic rings. The second-order valence-corrected chi connectivity index (χ2v) is 8.21. The zero-order chi connectivity index (χ0) is 18.2. The fourth-order valence-corrected chi connectivity index (χ4v) is 4.59. The maximum absolute atomic E-state index is 6.40. The molecule has 0 aromatic carbocycles. The highest BCUT2D eigenvalue weighted by atomic mass is 16.7. The third kappa shape index (κ3) is 5.92. The zero-order valence-corrected chi connectivity index (χ0v) is 17.3. The first-order valence-corrected chi connectivity index (χ1v) is 10.8. The van der Waals surface area contributed by atoms with Crippen molar-refractivity contribution in [2.24, 2.45) is 5.41 Å². The summed E-state index contributed by atoms with van der Waals surface area (Å²) in [6.45, 7) is 17.9. The topological polar surface area (TPSA) is 24.9 Å². The van der Waals surface area contributed by atoms with E-state index in [0.29, 0.717) is 0 Å². The van der Waals surface area contributed by atoms with Crippen LogP contribution in [0.1, 0.15) is 72.6 Å². The maximum Gasteiger partial charge on any atom is 0.170 e. The van der Waals surface area contributed by atoms with Gasteiger partial charge in [-0.2, -0.15) is 0 Å². The molecule has 25 heavy (non-hydrogen) atoms. The Hall–Kier alpha value is -0.160. The number of nitrogens with zero attached hydrogens (tertiary/aromatic N) is 2. The molecule has 0 atom stereocenters. The quantitative estimate of drug-likeness (QED) is 0.588. The molecular weight excluding hydrogens is 312 g/mol. The van der Waals surface area contributed by atoms with Gasteiger partial charge in [-0.3, -0.25) is 0 Å². The molecule has 0 N–H and O–H groups in total. The van der Waals surface area contributed by atoms with Gasteiger partial charge in [-0.1, -0.05) is 40.5 Å². The molecule has 148 valence electrons. The highest BCUT2D eigenvalue weighted by Crippen LogP contribution is 2.41. The average Bonchev–Trinajstić information content (AvgIpc) is 2.64. The van der Waals surface area contributed by atoms with Crippen molar-refractivity contribution in [1.29, 1.82) is 0 Å². The SMILES string of the molecule is CCCC1(CCC)COC2(CCN(CCCN(CC)CC)CC2)OC1. The molecular formula is C21H42N2O2. The smallest absolute Gasteiger partial charge is 0.170 e. The van der Waals surface area contributed by atoms with Gasteiger partial charge in [0.25, 0.3) is 0 Å². The van der Waals surface area contributed by atoms with Crippen LogP contribution >= 0.6 is 0 Å². The minimum Gasteiger partial charge on any atom is -0.349 e. The second kappa shape index (κ2) is 10.2. The van der Waals surface area contributed by atoms with E-state index in [4.69, 9.17) is 9.47 Å². The Labute approximate surface area is 156 Å². The fourth-order valence-electron chi connectivity index (χ4n) is 4.59. The Morgan fingerprint density at radius 2 is 1.44 bits per heavy atom. The molecule has 0 aromatic heterocycles. The number of ether oxygens (including phenoxy) is 2. The molecule has 0 amide bonds. The monoisotopic (exact) mass is 354 g/mol. The van der Waals surface area contributed by atoms with Crippen molar-refractivity contribution >= 4 is 0 Å². The summed E-state index contributed by atoms with van der Waals surface area (Å²) in [6.07, 6.45) is 8.24. The molecule has 2 fully saturated rings. The molecule has 0 radical (unpaired) electrons. The van der Waals surface area contributed by atoms with Crippen LogP contribution in [-0.4, -0.2) is 68.1 Å². The van der Waals surface area contributed by atoms with Crippen molar-refractivity contribution in [2.75, 3.05) is 52.5 Å². The van der Waals surface area contributed by atoms with Crippen LogP contribution in [0.3, 0.4) is 0 Å². The second-order valence-electron chi connectivity index (χ2n) is 8.21. The lowest BCUT2D eigenvalue weighted by Gasteiger charge is -2.49. The summed E-state index contributed by atoms with van der Waals surface area (Å²) in [5.41, 5.74) is 0.273. The summed E-state index contributed by atoms with van der Waals surface area (Å²) in [7, 11) is 0. The van der Waals surface area contributed by atoms with Crippen molar-refractivity contribution in [2.45, 2.75) is 78.4 Å². The first-order chi connectivity index (χ1) is 12.1. The first-order valence-electron chi connectivity index (χ1n) is 10.8. The van der Waals surface area contributed by atoms with Crippen LogP contribution in [0.4, 0.5) is 0 Å². The minimum absolute atomic E-state index is 0.273. The fraction of sp³-hybridized carbons (Fsp3) is 1.00. The van der Waals surface area contributed by atoms with Crippen molar-refractivity contribution in [3.63, 3.8) is 0 Å². The van der Waals surface area contributed by atoms with E-state index in [1.54, 1.807) is 0 Å². The van der Waals surface area contributed by atoms with Crippen molar-refractivity contribution in [3.8, 4) is 0 Å². The lowest BCUT2D eigenvalue weighted by atomic mass is 9.79. The highest BCUT2D eigenvalue weighted by Gasteiger charge is 2.45. The van der Waals surface area contributed by atoms with E-state index >= 15 is 0 Å². The van der Waals surface area contributed by atoms with Gasteiger partial charge in [0.1, 0.15) is 0 Å². The van der Waals surface area contributed by atoms with Crippen LogP contribution in [0.5, 0.6) is 0 Å². The Morgan fingerprint density at radius 3 is 1.92 bits per heavy atom. The number of likely N-dealkylation sites (tertiary alicyclic amines) is 1. The molecule has 0 unspecified atom stereocenters. The summed E-state index contributed by atoms with van der Waals surface area (Å²) in [6, 6.07) is 0. The van der Waals surface area contributed by atoms with Crippen LogP contribution in [0.2, 0.25) is 0 Å². The predicted molar refractivity (Wildman–Crippen MR) is 105 cm³/mol. The summed E-state index contributed by atoms with van der Waals surface area (Å²) >= 11 is 0. The van der Waals surface area contributed by atoms with Gasteiger partial charge in [0.15, 0.2) is 5.79 Å². The lowest BCUT2D eigenvalue weighted by molar-refractivity contribution is -0.319. The van der Waals surface area contributed by atoms with Crippen LogP contribution in [-0.2, 0) is 9.47 Å². The third-order valence-corrected chi connectivity index (χ3v) is 6.30. The molecule has 2 heterocycles. The molecule has 0 aromatic rings. The molecule has 2 aliphatic heterocycles. The molecule has 2 rings (SSSR count). The van der Waals surface area contributed by atoms with E-state index < -0.39 is 0 Å². The zero-order valence-electron chi connectivity index (χ0n) is 17.3. The maximum atomic E-state index is 6.40. The Kier molecular flexibility index (Phi) is 8.67. The van der Waals surface area contributed by atoms with Gasteiger partial charge in [-0.25, -0.2) is 0 Å². The van der Waals surface area contributed by atoms with Crippen molar-refractivity contribution in [3.05, 3.63) is 0 Å². The lowest BCUT2D eigenvalue weighted by Crippen LogP contribution is -2.55. The highest BCUT2D eigenvalue weighted by molar-refractivity contribution is 4.89. The standard InChI is InChI=1S/C21H42N2O2/c1-5-10-20(11-6-2)18-24-21(25-19-20)12-16-23(17-13-21)15-9-14-22(7-3)8-4/h5-19H2,1-4H3. The minimum atomic E-state index is -0.277. The van der Waals surface area contributed by atoms with Gasteiger partial charge in [0.2, 0.25) is 0 Å². The van der Waals surface area contributed by atoms with Crippen molar-refractivity contribution in [1.82, 2.24) is 9.80 Å². The average molecular weight is 355 g/mol. The van der Waals surface area contributed by atoms with Gasteiger partial charge < -0.3 is 19.3 Å². The summed E-state index contributed by atoms with van der Waals surface area (Å²) < 4.78 is 12.8. The van der Waals surface area contributed by atoms with E-state index in [-0.39, 0.29) is 11.2 Å². The molecule has 4 nitrogen and oxygen atoms in total. The Balaban J connectivity index is 1.73. The first kappa shape index (κ1) is 21.1.